The highest BCUT2D eigenvalue weighted by Crippen LogP contribution is 2.27. The first-order chi connectivity index (χ1) is 9.95. The second-order valence-corrected chi connectivity index (χ2v) is 5.71. The lowest BCUT2D eigenvalue weighted by molar-refractivity contribution is -0.385. The average Bonchev–Trinajstić information content (AvgIpc) is 2.84. The molecular weight excluding hydrogens is 296 g/mol. The van der Waals surface area contributed by atoms with E-state index in [-0.39, 0.29) is 17.6 Å². The molecule has 0 aliphatic rings. The SMILES string of the molecule is COC(=O)CCCCCNC(=O)c1cc([N+](=O)[O-])c(C)s1. The van der Waals surface area contributed by atoms with Crippen LogP contribution in [0.4, 0.5) is 5.69 Å². The minimum absolute atomic E-state index is 0.0248. The highest BCUT2D eigenvalue weighted by Gasteiger charge is 2.19. The standard InChI is InChI=1S/C13H18N2O5S/c1-9-10(15(18)19)8-11(21-9)13(17)14-7-5-3-4-6-12(16)20-2/h8H,3-7H2,1-2H3,(H,14,17). The van der Waals surface area contributed by atoms with Crippen LogP contribution in [0.25, 0.3) is 0 Å². The first-order valence-corrected chi connectivity index (χ1v) is 7.37. The van der Waals surface area contributed by atoms with E-state index in [1.807, 2.05) is 0 Å². The molecule has 0 aliphatic carbocycles. The summed E-state index contributed by atoms with van der Waals surface area (Å²) in [5, 5.41) is 13.4. The van der Waals surface area contributed by atoms with Crippen LogP contribution in [0.15, 0.2) is 6.07 Å². The van der Waals surface area contributed by atoms with Gasteiger partial charge >= 0.3 is 5.97 Å². The number of hydrogen-bond acceptors (Lipinski definition) is 6. The Morgan fingerprint density at radius 1 is 1.38 bits per heavy atom. The molecule has 1 amide bonds. The highest BCUT2D eigenvalue weighted by molar-refractivity contribution is 7.14. The molecule has 1 aromatic heterocycles. The lowest BCUT2D eigenvalue weighted by Crippen LogP contribution is -2.23. The van der Waals surface area contributed by atoms with Gasteiger partial charge in [-0.25, -0.2) is 0 Å². The van der Waals surface area contributed by atoms with E-state index >= 15 is 0 Å². The number of rotatable bonds is 8. The van der Waals surface area contributed by atoms with Crippen molar-refractivity contribution in [1.29, 1.82) is 0 Å². The van der Waals surface area contributed by atoms with Crippen molar-refractivity contribution in [3.63, 3.8) is 0 Å². The number of nitrogens with one attached hydrogen (secondary N) is 1. The number of aryl methyl sites for hydroxylation is 1. The first-order valence-electron chi connectivity index (χ1n) is 6.55. The number of hydrogen-bond donors (Lipinski definition) is 1. The second kappa shape index (κ2) is 8.35. The Hall–Kier alpha value is -1.96. The number of nitro groups is 1. The van der Waals surface area contributed by atoms with Gasteiger partial charge in [0.15, 0.2) is 0 Å². The quantitative estimate of drug-likeness (QED) is 0.344. The smallest absolute Gasteiger partial charge is 0.305 e. The van der Waals surface area contributed by atoms with Gasteiger partial charge in [-0.15, -0.1) is 11.3 Å². The van der Waals surface area contributed by atoms with Gasteiger partial charge in [-0.3, -0.25) is 19.7 Å². The molecule has 1 heterocycles. The maximum atomic E-state index is 11.8. The largest absolute Gasteiger partial charge is 0.469 e. The summed E-state index contributed by atoms with van der Waals surface area (Å²) in [5.41, 5.74) is -0.0248. The molecule has 0 saturated carbocycles. The minimum atomic E-state index is -0.491. The summed E-state index contributed by atoms with van der Waals surface area (Å²) in [5.74, 6) is -0.537. The fourth-order valence-electron chi connectivity index (χ4n) is 1.73. The van der Waals surface area contributed by atoms with Crippen molar-refractivity contribution < 1.29 is 19.2 Å². The number of amides is 1. The van der Waals surface area contributed by atoms with E-state index in [0.29, 0.717) is 29.1 Å². The van der Waals surface area contributed by atoms with Crippen LogP contribution >= 0.6 is 11.3 Å². The molecule has 0 atom stereocenters. The van der Waals surface area contributed by atoms with Crippen LogP contribution < -0.4 is 5.32 Å². The molecule has 116 valence electrons. The molecule has 0 unspecified atom stereocenters. The molecule has 0 fully saturated rings. The maximum absolute atomic E-state index is 11.8. The monoisotopic (exact) mass is 314 g/mol. The predicted molar refractivity (Wildman–Crippen MR) is 78.5 cm³/mol. The lowest BCUT2D eigenvalue weighted by atomic mass is 10.2. The predicted octanol–water partition coefficient (Wildman–Crippen LogP) is 2.43. The van der Waals surface area contributed by atoms with Crippen molar-refractivity contribution >= 4 is 28.9 Å². The summed E-state index contributed by atoms with van der Waals surface area (Å²) < 4.78 is 4.52. The number of thiophene rings is 1. The summed E-state index contributed by atoms with van der Waals surface area (Å²) in [6, 6.07) is 1.30. The molecule has 1 N–H and O–H groups in total. The van der Waals surface area contributed by atoms with Crippen molar-refractivity contribution in [3.8, 4) is 0 Å². The summed E-state index contributed by atoms with van der Waals surface area (Å²) in [6.45, 7) is 2.09. The maximum Gasteiger partial charge on any atom is 0.305 e. The van der Waals surface area contributed by atoms with Crippen molar-refractivity contribution in [3.05, 3.63) is 25.9 Å². The molecule has 0 aromatic carbocycles. The zero-order valence-corrected chi connectivity index (χ0v) is 12.8. The van der Waals surface area contributed by atoms with Crippen LogP contribution in [0.5, 0.6) is 0 Å². The molecule has 0 bridgehead atoms. The third-order valence-corrected chi connectivity index (χ3v) is 3.92. The fraction of sp³-hybridized carbons (Fsp3) is 0.538. The second-order valence-electron chi connectivity index (χ2n) is 4.45. The Bertz CT molecular complexity index is 527. The number of esters is 1. The summed E-state index contributed by atoms with van der Waals surface area (Å²) in [4.78, 5) is 33.8. The van der Waals surface area contributed by atoms with E-state index < -0.39 is 4.92 Å². The third kappa shape index (κ3) is 5.50. The first kappa shape index (κ1) is 17.1. The van der Waals surface area contributed by atoms with Crippen LogP contribution in [0.3, 0.4) is 0 Å². The van der Waals surface area contributed by atoms with Gasteiger partial charge in [-0.05, 0) is 19.8 Å². The Balaban J connectivity index is 2.30. The van der Waals surface area contributed by atoms with E-state index in [4.69, 9.17) is 0 Å². The number of carbonyl (C=O) groups is 2. The molecule has 0 spiro atoms. The summed E-state index contributed by atoms with van der Waals surface area (Å²) >= 11 is 1.11. The minimum Gasteiger partial charge on any atom is -0.469 e. The third-order valence-electron chi connectivity index (χ3n) is 2.88. The molecule has 21 heavy (non-hydrogen) atoms. The average molecular weight is 314 g/mol. The van der Waals surface area contributed by atoms with Crippen molar-refractivity contribution in [1.82, 2.24) is 5.32 Å². The van der Waals surface area contributed by atoms with Crippen molar-refractivity contribution in [2.45, 2.75) is 32.6 Å². The molecule has 1 rings (SSSR count). The number of unbranched alkanes of at least 4 members (excludes halogenated alkanes) is 2. The number of methoxy groups -OCH3 is 1. The van der Waals surface area contributed by atoms with Crippen LogP contribution in [0.2, 0.25) is 0 Å². The molecule has 8 heteroatoms. The van der Waals surface area contributed by atoms with Gasteiger partial charge < -0.3 is 10.1 Å². The molecule has 0 radical (unpaired) electrons. The molecule has 7 nitrogen and oxygen atoms in total. The summed E-state index contributed by atoms with van der Waals surface area (Å²) in [6.07, 6.45) is 2.64. The Labute approximate surface area is 126 Å². The van der Waals surface area contributed by atoms with Gasteiger partial charge in [-0.1, -0.05) is 6.42 Å². The van der Waals surface area contributed by atoms with Gasteiger partial charge in [0.25, 0.3) is 11.6 Å². The number of nitrogens with zero attached hydrogens (tertiary/aromatic N) is 1. The van der Waals surface area contributed by atoms with Gasteiger partial charge in [0.1, 0.15) is 0 Å². The normalized spacial score (nSPS) is 10.2. The van der Waals surface area contributed by atoms with E-state index in [1.54, 1.807) is 6.92 Å². The number of ether oxygens (including phenoxy) is 1. The van der Waals surface area contributed by atoms with Gasteiger partial charge in [-0.2, -0.15) is 0 Å². The fourth-order valence-corrected chi connectivity index (χ4v) is 2.63. The molecule has 0 aliphatic heterocycles. The zero-order chi connectivity index (χ0) is 15.8. The van der Waals surface area contributed by atoms with E-state index in [2.05, 4.69) is 10.1 Å². The zero-order valence-electron chi connectivity index (χ0n) is 12.0. The van der Waals surface area contributed by atoms with Crippen LogP contribution in [-0.2, 0) is 9.53 Å². The Morgan fingerprint density at radius 3 is 2.67 bits per heavy atom. The molecule has 1 aromatic rings. The Kier molecular flexibility index (Phi) is 6.80. The van der Waals surface area contributed by atoms with E-state index in [9.17, 15) is 19.7 Å². The van der Waals surface area contributed by atoms with E-state index in [1.165, 1.54) is 13.2 Å². The van der Waals surface area contributed by atoms with Crippen LogP contribution in [0.1, 0.15) is 40.2 Å². The molecule has 0 saturated heterocycles. The lowest BCUT2D eigenvalue weighted by Gasteiger charge is -2.03. The topological polar surface area (TPSA) is 98.5 Å². The summed E-state index contributed by atoms with van der Waals surface area (Å²) in [7, 11) is 1.35. The van der Waals surface area contributed by atoms with Crippen molar-refractivity contribution in [2.24, 2.45) is 0 Å². The van der Waals surface area contributed by atoms with Crippen molar-refractivity contribution in [2.75, 3.05) is 13.7 Å². The molecular formula is C13H18N2O5S. The van der Waals surface area contributed by atoms with Crippen LogP contribution in [-0.4, -0.2) is 30.5 Å². The number of carbonyl (C=O) groups excluding carboxylic acids is 2. The highest BCUT2D eigenvalue weighted by atomic mass is 32.1. The van der Waals surface area contributed by atoms with Gasteiger partial charge in [0.2, 0.25) is 0 Å². The Morgan fingerprint density at radius 2 is 2.10 bits per heavy atom. The van der Waals surface area contributed by atoms with E-state index in [0.717, 1.165) is 24.2 Å². The van der Waals surface area contributed by atoms with Crippen LogP contribution in [0, 0.1) is 17.0 Å². The van der Waals surface area contributed by atoms with Gasteiger partial charge in [0.05, 0.1) is 21.8 Å². The van der Waals surface area contributed by atoms with Gasteiger partial charge in [0, 0.05) is 19.0 Å².